The number of aromatic hydroxyl groups is 1. The van der Waals surface area contributed by atoms with Crippen LogP contribution < -0.4 is 5.32 Å². The number of hydrogen-bond acceptors (Lipinski definition) is 2. The van der Waals surface area contributed by atoms with Crippen molar-refractivity contribution in [2.75, 3.05) is 5.32 Å². The second-order valence-electron chi connectivity index (χ2n) is 4.37. The molecule has 2 aromatic rings. The van der Waals surface area contributed by atoms with E-state index in [0.29, 0.717) is 11.8 Å². The van der Waals surface area contributed by atoms with E-state index < -0.39 is 0 Å². The van der Waals surface area contributed by atoms with Crippen molar-refractivity contribution in [3.63, 3.8) is 0 Å². The van der Waals surface area contributed by atoms with Crippen LogP contribution in [0.25, 0.3) is 11.1 Å². The minimum absolute atomic E-state index is 0.298. The Hall–Kier alpha value is -1.96. The van der Waals surface area contributed by atoms with Crippen molar-refractivity contribution in [3.05, 3.63) is 48.5 Å². The van der Waals surface area contributed by atoms with Crippen LogP contribution in [0.5, 0.6) is 5.75 Å². The summed E-state index contributed by atoms with van der Waals surface area (Å²) in [6.07, 6.45) is 0. The van der Waals surface area contributed by atoms with Gasteiger partial charge in [-0.1, -0.05) is 42.5 Å². The molecule has 0 fully saturated rings. The summed E-state index contributed by atoms with van der Waals surface area (Å²) in [5, 5.41) is 13.5. The Kier molecular flexibility index (Phi) is 3.33. The zero-order chi connectivity index (χ0) is 12.3. The number of nitrogens with one attached hydrogen (secondary N) is 1. The van der Waals surface area contributed by atoms with Gasteiger partial charge in [0.1, 0.15) is 5.75 Å². The molecule has 2 nitrogen and oxygen atoms in total. The predicted molar refractivity (Wildman–Crippen MR) is 72.3 cm³/mol. The van der Waals surface area contributed by atoms with Crippen LogP contribution in [0.2, 0.25) is 0 Å². The van der Waals surface area contributed by atoms with Gasteiger partial charge in [-0.15, -0.1) is 0 Å². The van der Waals surface area contributed by atoms with E-state index in [4.69, 9.17) is 0 Å². The van der Waals surface area contributed by atoms with Crippen LogP contribution >= 0.6 is 0 Å². The summed E-state index contributed by atoms with van der Waals surface area (Å²) in [5.41, 5.74) is 2.66. The van der Waals surface area contributed by atoms with Crippen molar-refractivity contribution in [1.29, 1.82) is 0 Å². The zero-order valence-electron chi connectivity index (χ0n) is 10.1. The Labute approximate surface area is 102 Å². The third-order valence-corrected chi connectivity index (χ3v) is 2.56. The van der Waals surface area contributed by atoms with E-state index in [2.05, 4.69) is 19.2 Å². The molecule has 0 unspecified atom stereocenters. The van der Waals surface area contributed by atoms with Crippen LogP contribution in [0.3, 0.4) is 0 Å². The number of para-hydroxylation sites is 1. The minimum Gasteiger partial charge on any atom is -0.505 e. The first-order valence-corrected chi connectivity index (χ1v) is 5.82. The molecule has 0 aromatic heterocycles. The highest BCUT2D eigenvalue weighted by Gasteiger charge is 2.08. The first kappa shape index (κ1) is 11.5. The Bertz CT molecular complexity index is 492. The van der Waals surface area contributed by atoms with Gasteiger partial charge in [0.2, 0.25) is 0 Å². The van der Waals surface area contributed by atoms with Gasteiger partial charge in [0, 0.05) is 11.6 Å². The van der Waals surface area contributed by atoms with Gasteiger partial charge in [0.25, 0.3) is 0 Å². The molecule has 0 saturated carbocycles. The molecule has 0 atom stereocenters. The van der Waals surface area contributed by atoms with Crippen molar-refractivity contribution >= 4 is 5.69 Å². The number of hydrogen-bond donors (Lipinski definition) is 2. The van der Waals surface area contributed by atoms with Gasteiger partial charge in [-0.25, -0.2) is 0 Å². The fourth-order valence-corrected chi connectivity index (χ4v) is 1.82. The average Bonchev–Trinajstić information content (AvgIpc) is 2.32. The standard InChI is InChI=1S/C15H17NO/c1-11(2)16-14-10-6-9-13(15(14)17)12-7-4-3-5-8-12/h3-11,16-17H,1-2H3. The summed E-state index contributed by atoms with van der Waals surface area (Å²) >= 11 is 0. The summed E-state index contributed by atoms with van der Waals surface area (Å²) in [7, 11) is 0. The van der Waals surface area contributed by atoms with E-state index in [1.165, 1.54) is 0 Å². The lowest BCUT2D eigenvalue weighted by molar-refractivity contribution is 0.478. The van der Waals surface area contributed by atoms with E-state index in [9.17, 15) is 5.11 Å². The zero-order valence-corrected chi connectivity index (χ0v) is 10.1. The highest BCUT2D eigenvalue weighted by molar-refractivity contribution is 5.77. The summed E-state index contributed by atoms with van der Waals surface area (Å²) in [5.74, 6) is 0.312. The number of benzene rings is 2. The molecule has 0 saturated heterocycles. The lowest BCUT2D eigenvalue weighted by atomic mass is 10.0. The van der Waals surface area contributed by atoms with Crippen LogP contribution in [0.1, 0.15) is 13.8 Å². The number of phenolic OH excluding ortho intramolecular Hbond substituents is 1. The lowest BCUT2D eigenvalue weighted by Crippen LogP contribution is -2.09. The monoisotopic (exact) mass is 227 g/mol. The van der Waals surface area contributed by atoms with Crippen molar-refractivity contribution in [2.24, 2.45) is 0 Å². The van der Waals surface area contributed by atoms with Crippen LogP contribution in [-0.2, 0) is 0 Å². The fourth-order valence-electron chi connectivity index (χ4n) is 1.82. The predicted octanol–water partition coefficient (Wildman–Crippen LogP) is 3.88. The Morgan fingerprint density at radius 2 is 1.65 bits per heavy atom. The first-order valence-electron chi connectivity index (χ1n) is 5.82. The molecular weight excluding hydrogens is 210 g/mol. The number of rotatable bonds is 3. The molecule has 0 aliphatic carbocycles. The summed E-state index contributed by atoms with van der Waals surface area (Å²) in [4.78, 5) is 0. The molecule has 0 spiro atoms. The number of anilines is 1. The van der Waals surface area contributed by atoms with Gasteiger partial charge in [0.15, 0.2) is 0 Å². The molecule has 0 aliphatic heterocycles. The van der Waals surface area contributed by atoms with E-state index in [0.717, 1.165) is 16.8 Å². The van der Waals surface area contributed by atoms with Crippen molar-refractivity contribution < 1.29 is 5.11 Å². The Morgan fingerprint density at radius 1 is 0.941 bits per heavy atom. The largest absolute Gasteiger partial charge is 0.505 e. The quantitative estimate of drug-likeness (QED) is 0.780. The maximum Gasteiger partial charge on any atom is 0.146 e. The lowest BCUT2D eigenvalue weighted by Gasteiger charge is -2.14. The molecule has 17 heavy (non-hydrogen) atoms. The molecule has 2 rings (SSSR count). The van der Waals surface area contributed by atoms with Gasteiger partial charge in [-0.3, -0.25) is 0 Å². The summed E-state index contributed by atoms with van der Waals surface area (Å²) < 4.78 is 0. The van der Waals surface area contributed by atoms with Crippen molar-refractivity contribution in [3.8, 4) is 16.9 Å². The second-order valence-corrected chi connectivity index (χ2v) is 4.37. The molecule has 88 valence electrons. The van der Waals surface area contributed by atoms with Gasteiger partial charge in [0.05, 0.1) is 5.69 Å². The van der Waals surface area contributed by atoms with Crippen LogP contribution in [-0.4, -0.2) is 11.1 Å². The van der Waals surface area contributed by atoms with E-state index >= 15 is 0 Å². The number of phenols is 1. The highest BCUT2D eigenvalue weighted by atomic mass is 16.3. The fraction of sp³-hybridized carbons (Fsp3) is 0.200. The van der Waals surface area contributed by atoms with Gasteiger partial charge >= 0.3 is 0 Å². The van der Waals surface area contributed by atoms with Crippen LogP contribution in [0.4, 0.5) is 5.69 Å². The maximum atomic E-state index is 10.2. The third-order valence-electron chi connectivity index (χ3n) is 2.56. The molecule has 0 heterocycles. The minimum atomic E-state index is 0.298. The maximum absolute atomic E-state index is 10.2. The van der Waals surface area contributed by atoms with E-state index in [1.54, 1.807) is 0 Å². The molecule has 0 bridgehead atoms. The first-order chi connectivity index (χ1) is 8.18. The molecule has 2 aromatic carbocycles. The molecule has 2 heteroatoms. The normalized spacial score (nSPS) is 10.5. The molecule has 2 N–H and O–H groups in total. The molecule has 0 radical (unpaired) electrons. The van der Waals surface area contributed by atoms with Gasteiger partial charge in [-0.05, 0) is 25.5 Å². The van der Waals surface area contributed by atoms with Crippen molar-refractivity contribution in [2.45, 2.75) is 19.9 Å². The topological polar surface area (TPSA) is 32.3 Å². The van der Waals surface area contributed by atoms with Crippen LogP contribution in [0.15, 0.2) is 48.5 Å². The Morgan fingerprint density at radius 3 is 2.29 bits per heavy atom. The van der Waals surface area contributed by atoms with Crippen LogP contribution in [0, 0.1) is 0 Å². The highest BCUT2D eigenvalue weighted by Crippen LogP contribution is 2.35. The molecule has 0 amide bonds. The second kappa shape index (κ2) is 4.91. The Balaban J connectivity index is 2.43. The smallest absolute Gasteiger partial charge is 0.146 e. The SMILES string of the molecule is CC(C)Nc1cccc(-c2ccccc2)c1O. The van der Waals surface area contributed by atoms with Gasteiger partial charge < -0.3 is 10.4 Å². The average molecular weight is 227 g/mol. The van der Waals surface area contributed by atoms with Gasteiger partial charge in [-0.2, -0.15) is 0 Å². The van der Waals surface area contributed by atoms with Crippen molar-refractivity contribution in [1.82, 2.24) is 0 Å². The van der Waals surface area contributed by atoms with E-state index in [1.807, 2.05) is 48.5 Å². The van der Waals surface area contributed by atoms with E-state index in [-0.39, 0.29) is 0 Å². The summed E-state index contributed by atoms with van der Waals surface area (Å²) in [6, 6.07) is 16.0. The summed E-state index contributed by atoms with van der Waals surface area (Å²) in [6.45, 7) is 4.10. The molecular formula is C15H17NO. The third kappa shape index (κ3) is 2.59. The molecule has 0 aliphatic rings.